The summed E-state index contributed by atoms with van der Waals surface area (Å²) in [7, 11) is -3.72. The number of aromatic nitrogens is 2. The van der Waals surface area contributed by atoms with E-state index in [1.54, 1.807) is 12.1 Å². The second kappa shape index (κ2) is 7.39. The van der Waals surface area contributed by atoms with E-state index < -0.39 is 10.0 Å². The van der Waals surface area contributed by atoms with Crippen molar-refractivity contribution < 1.29 is 8.42 Å². The second-order valence-electron chi connectivity index (χ2n) is 6.54. The van der Waals surface area contributed by atoms with Crippen molar-refractivity contribution in [1.82, 2.24) is 14.5 Å². The molecule has 2 aromatic carbocycles. The summed E-state index contributed by atoms with van der Waals surface area (Å²) in [5.74, 6) is 0.291. The molecule has 1 saturated heterocycles. The molecule has 26 heavy (non-hydrogen) atoms. The molecule has 3 aromatic rings. The predicted molar refractivity (Wildman–Crippen MR) is 106 cm³/mol. The summed E-state index contributed by atoms with van der Waals surface area (Å²) < 4.78 is 27.7. The molecule has 4 rings (SSSR count). The quantitative estimate of drug-likeness (QED) is 0.742. The maximum absolute atomic E-state index is 13.3. The Bertz CT molecular complexity index is 1020. The van der Waals surface area contributed by atoms with Gasteiger partial charge in [0.05, 0.1) is 16.1 Å². The van der Waals surface area contributed by atoms with Gasteiger partial charge in [-0.3, -0.25) is 0 Å². The van der Waals surface area contributed by atoms with E-state index in [0.717, 1.165) is 42.6 Å². The highest BCUT2D eigenvalue weighted by atomic mass is 35.5. The van der Waals surface area contributed by atoms with Gasteiger partial charge in [0.1, 0.15) is 0 Å². The van der Waals surface area contributed by atoms with E-state index >= 15 is 0 Å². The van der Waals surface area contributed by atoms with Gasteiger partial charge in [-0.15, -0.1) is 12.4 Å². The molecular formula is C19H22ClN3O2S. The monoisotopic (exact) mass is 391 g/mol. The Balaban J connectivity index is 0.00000196. The normalized spacial score (nSPS) is 15.7. The van der Waals surface area contributed by atoms with Crippen LogP contribution in [0.2, 0.25) is 0 Å². The number of piperidine rings is 1. The molecule has 0 aliphatic carbocycles. The van der Waals surface area contributed by atoms with Crippen molar-refractivity contribution in [3.05, 3.63) is 59.8 Å². The van der Waals surface area contributed by atoms with Crippen LogP contribution < -0.4 is 5.32 Å². The van der Waals surface area contributed by atoms with Gasteiger partial charge in [-0.05, 0) is 50.6 Å². The lowest BCUT2D eigenvalue weighted by molar-refractivity contribution is 0.453. The third-order valence-corrected chi connectivity index (χ3v) is 6.66. The Morgan fingerprint density at radius 1 is 1.04 bits per heavy atom. The van der Waals surface area contributed by atoms with Crippen LogP contribution in [0.1, 0.15) is 30.0 Å². The van der Waals surface area contributed by atoms with Crippen molar-refractivity contribution in [3.8, 4) is 0 Å². The van der Waals surface area contributed by atoms with Crippen LogP contribution in [-0.2, 0) is 10.0 Å². The number of rotatable bonds is 3. The zero-order chi connectivity index (χ0) is 17.4. The standard InChI is InChI=1S/C19H21N3O2S.ClH/c1-14-6-2-5-9-18(14)25(23,24)22-17-8-4-3-7-16(17)19(21-22)15-10-12-20-13-11-15;/h2-9,15,20H,10-13H2,1H3;1H. The average molecular weight is 392 g/mol. The molecule has 2 heterocycles. The Labute approximate surface area is 159 Å². The molecule has 5 nitrogen and oxygen atoms in total. The summed E-state index contributed by atoms with van der Waals surface area (Å²) >= 11 is 0. The number of benzene rings is 2. The number of para-hydroxylation sites is 1. The van der Waals surface area contributed by atoms with Gasteiger partial charge in [-0.2, -0.15) is 17.6 Å². The number of hydrogen-bond acceptors (Lipinski definition) is 4. The predicted octanol–water partition coefficient (Wildman–Crippen LogP) is 3.47. The lowest BCUT2D eigenvalue weighted by Crippen LogP contribution is -2.27. The smallest absolute Gasteiger partial charge is 0.283 e. The molecule has 1 N–H and O–H groups in total. The minimum atomic E-state index is -3.72. The summed E-state index contributed by atoms with van der Waals surface area (Å²) in [6.45, 7) is 3.69. The van der Waals surface area contributed by atoms with Gasteiger partial charge in [0, 0.05) is 11.3 Å². The summed E-state index contributed by atoms with van der Waals surface area (Å²) in [6, 6.07) is 14.7. The van der Waals surface area contributed by atoms with Crippen molar-refractivity contribution in [1.29, 1.82) is 0 Å². The van der Waals surface area contributed by atoms with Crippen molar-refractivity contribution in [2.45, 2.75) is 30.6 Å². The van der Waals surface area contributed by atoms with Gasteiger partial charge < -0.3 is 5.32 Å². The fraction of sp³-hybridized carbons (Fsp3) is 0.316. The van der Waals surface area contributed by atoms with Gasteiger partial charge in [0.15, 0.2) is 0 Å². The van der Waals surface area contributed by atoms with Crippen molar-refractivity contribution >= 4 is 33.3 Å². The largest absolute Gasteiger partial charge is 0.317 e. The molecule has 0 spiro atoms. The first-order valence-electron chi connectivity index (χ1n) is 8.58. The van der Waals surface area contributed by atoms with Crippen LogP contribution in [0.3, 0.4) is 0 Å². The molecule has 7 heteroatoms. The molecule has 0 saturated carbocycles. The molecule has 1 aromatic heterocycles. The van der Waals surface area contributed by atoms with Crippen molar-refractivity contribution in [2.24, 2.45) is 0 Å². The first-order valence-corrected chi connectivity index (χ1v) is 10.0. The van der Waals surface area contributed by atoms with E-state index in [1.807, 2.05) is 43.3 Å². The van der Waals surface area contributed by atoms with Crippen molar-refractivity contribution in [3.63, 3.8) is 0 Å². The molecule has 0 atom stereocenters. The molecule has 1 aliphatic rings. The molecule has 0 amide bonds. The van der Waals surface area contributed by atoms with Gasteiger partial charge in [-0.1, -0.05) is 36.4 Å². The fourth-order valence-corrected chi connectivity index (χ4v) is 5.11. The number of nitrogens with one attached hydrogen (secondary N) is 1. The van der Waals surface area contributed by atoms with E-state index in [1.165, 1.54) is 4.09 Å². The Morgan fingerprint density at radius 2 is 1.69 bits per heavy atom. The van der Waals surface area contributed by atoms with Gasteiger partial charge in [0.25, 0.3) is 10.0 Å². The summed E-state index contributed by atoms with van der Waals surface area (Å²) in [5, 5.41) is 8.89. The maximum Gasteiger partial charge on any atom is 0.283 e. The molecular weight excluding hydrogens is 370 g/mol. The first kappa shape index (κ1) is 18.9. The minimum Gasteiger partial charge on any atom is -0.317 e. The third-order valence-electron chi connectivity index (χ3n) is 4.91. The van der Waals surface area contributed by atoms with Gasteiger partial charge in [-0.25, -0.2) is 0 Å². The fourth-order valence-electron chi connectivity index (χ4n) is 3.58. The number of fused-ring (bicyclic) bond motifs is 1. The summed E-state index contributed by atoms with van der Waals surface area (Å²) in [4.78, 5) is 0.306. The highest BCUT2D eigenvalue weighted by Crippen LogP contribution is 2.32. The lowest BCUT2D eigenvalue weighted by Gasteiger charge is -2.21. The zero-order valence-corrected chi connectivity index (χ0v) is 16.2. The minimum absolute atomic E-state index is 0. The average Bonchev–Trinajstić information content (AvgIpc) is 3.03. The number of halogens is 1. The SMILES string of the molecule is Cc1ccccc1S(=O)(=O)n1nc(C2CCNCC2)c2ccccc21.Cl. The molecule has 0 unspecified atom stereocenters. The van der Waals surface area contributed by atoms with E-state index in [2.05, 4.69) is 10.4 Å². The van der Waals surface area contributed by atoms with E-state index in [-0.39, 0.29) is 12.4 Å². The van der Waals surface area contributed by atoms with Crippen LogP contribution in [-0.4, -0.2) is 30.7 Å². The number of hydrogen-bond donors (Lipinski definition) is 1. The van der Waals surface area contributed by atoms with E-state index in [4.69, 9.17) is 0 Å². The molecule has 138 valence electrons. The lowest BCUT2D eigenvalue weighted by atomic mass is 9.93. The summed E-state index contributed by atoms with van der Waals surface area (Å²) in [5.41, 5.74) is 2.28. The van der Waals surface area contributed by atoms with Crippen LogP contribution in [0.5, 0.6) is 0 Å². The first-order chi connectivity index (χ1) is 12.1. The maximum atomic E-state index is 13.3. The molecule has 1 aliphatic heterocycles. The Hall–Kier alpha value is -1.89. The van der Waals surface area contributed by atoms with Crippen molar-refractivity contribution in [2.75, 3.05) is 13.1 Å². The van der Waals surface area contributed by atoms with Gasteiger partial charge in [0.2, 0.25) is 0 Å². The van der Waals surface area contributed by atoms with E-state index in [0.29, 0.717) is 16.3 Å². The van der Waals surface area contributed by atoms with Crippen LogP contribution in [0.15, 0.2) is 53.4 Å². The summed E-state index contributed by atoms with van der Waals surface area (Å²) in [6.07, 6.45) is 1.96. The molecule has 0 radical (unpaired) electrons. The molecule has 0 bridgehead atoms. The van der Waals surface area contributed by atoms with Crippen LogP contribution >= 0.6 is 12.4 Å². The Kier molecular flexibility index (Phi) is 5.37. The van der Waals surface area contributed by atoms with Gasteiger partial charge >= 0.3 is 0 Å². The number of aryl methyl sites for hydroxylation is 1. The highest BCUT2D eigenvalue weighted by molar-refractivity contribution is 7.90. The topological polar surface area (TPSA) is 64.0 Å². The Morgan fingerprint density at radius 3 is 2.42 bits per heavy atom. The van der Waals surface area contributed by atoms with E-state index in [9.17, 15) is 8.42 Å². The zero-order valence-electron chi connectivity index (χ0n) is 14.6. The van der Waals surface area contributed by atoms with Crippen LogP contribution in [0.25, 0.3) is 10.9 Å². The molecule has 1 fully saturated rings. The van der Waals surface area contributed by atoms with Crippen LogP contribution in [0, 0.1) is 6.92 Å². The second-order valence-corrected chi connectivity index (χ2v) is 8.28. The third kappa shape index (κ3) is 3.13. The highest BCUT2D eigenvalue weighted by Gasteiger charge is 2.27. The van der Waals surface area contributed by atoms with Crippen LogP contribution in [0.4, 0.5) is 0 Å². The number of nitrogens with zero attached hydrogens (tertiary/aromatic N) is 2.